The van der Waals surface area contributed by atoms with Crippen LogP contribution in [-0.4, -0.2) is 50.2 Å². The van der Waals surface area contributed by atoms with Gasteiger partial charge in [-0.3, -0.25) is 0 Å². The van der Waals surface area contributed by atoms with Crippen LogP contribution in [0.2, 0.25) is 0 Å². The molecule has 2 aromatic heterocycles. The lowest BCUT2D eigenvalue weighted by Crippen LogP contribution is -2.29. The van der Waals surface area contributed by atoms with Crippen LogP contribution in [0.25, 0.3) is 0 Å². The van der Waals surface area contributed by atoms with Crippen LogP contribution >= 0.6 is 0 Å². The first kappa shape index (κ1) is 20.6. The van der Waals surface area contributed by atoms with E-state index in [2.05, 4.69) is 36.6 Å². The molecule has 0 aromatic carbocycles. The molecule has 0 saturated heterocycles. The summed E-state index contributed by atoms with van der Waals surface area (Å²) < 4.78 is 29.8. The van der Waals surface area contributed by atoms with Crippen molar-refractivity contribution in [1.82, 2.24) is 19.9 Å². The van der Waals surface area contributed by atoms with Gasteiger partial charge in [-0.25, -0.2) is 23.7 Å². The third-order valence-corrected chi connectivity index (χ3v) is 4.48. The average Bonchev–Trinajstić information content (AvgIpc) is 2.73. The molecule has 154 valence electrons. The van der Waals surface area contributed by atoms with Gasteiger partial charge >= 0.3 is 0 Å². The van der Waals surface area contributed by atoms with E-state index in [1.165, 1.54) is 18.7 Å². The van der Waals surface area contributed by atoms with Crippen molar-refractivity contribution in [1.29, 1.82) is 5.26 Å². The first-order valence-electron chi connectivity index (χ1n) is 9.20. The number of nitrogens with one attached hydrogen (secondary N) is 2. The molecule has 1 aliphatic rings. The van der Waals surface area contributed by atoms with Gasteiger partial charge in [0, 0.05) is 18.8 Å². The minimum Gasteiger partial charge on any atom is -0.471 e. The van der Waals surface area contributed by atoms with E-state index in [-0.39, 0.29) is 30.5 Å². The third-order valence-electron chi connectivity index (χ3n) is 4.48. The van der Waals surface area contributed by atoms with Crippen LogP contribution in [0.15, 0.2) is 18.7 Å². The van der Waals surface area contributed by atoms with Crippen molar-refractivity contribution in [2.24, 2.45) is 0 Å². The highest BCUT2D eigenvalue weighted by Crippen LogP contribution is 2.23. The average molecular weight is 405 g/mol. The van der Waals surface area contributed by atoms with Crippen LogP contribution in [0.4, 0.5) is 20.5 Å². The minimum absolute atomic E-state index is 0.0561. The van der Waals surface area contributed by atoms with Crippen LogP contribution in [0.3, 0.4) is 0 Å². The Bertz CT molecular complexity index is 854. The zero-order valence-electron chi connectivity index (χ0n) is 15.6. The second-order valence-corrected chi connectivity index (χ2v) is 6.63. The molecule has 1 aliphatic carbocycles. The predicted octanol–water partition coefficient (Wildman–Crippen LogP) is 2.11. The number of aliphatic hydroxyl groups excluding tert-OH is 1. The van der Waals surface area contributed by atoms with Crippen molar-refractivity contribution >= 4 is 11.8 Å². The molecular weight excluding hydrogens is 384 g/mol. The minimum atomic E-state index is -2.61. The number of nitrogens with zero attached hydrogens (tertiary/aromatic N) is 5. The van der Waals surface area contributed by atoms with Gasteiger partial charge in [-0.15, -0.1) is 0 Å². The normalized spacial score (nSPS) is 18.9. The van der Waals surface area contributed by atoms with Gasteiger partial charge in [-0.2, -0.15) is 10.2 Å². The summed E-state index contributed by atoms with van der Waals surface area (Å²) >= 11 is 0. The van der Waals surface area contributed by atoms with Gasteiger partial charge in [0.25, 0.3) is 6.43 Å². The fourth-order valence-corrected chi connectivity index (χ4v) is 2.99. The number of rotatable bonds is 8. The lowest BCUT2D eigenvalue weighted by Gasteiger charge is -2.26. The number of nitriles is 1. The molecule has 2 heterocycles. The van der Waals surface area contributed by atoms with Crippen LogP contribution in [0.1, 0.15) is 36.8 Å². The fourth-order valence-electron chi connectivity index (χ4n) is 2.99. The summed E-state index contributed by atoms with van der Waals surface area (Å²) in [5.41, 5.74) is 0.780. The summed E-state index contributed by atoms with van der Waals surface area (Å²) in [5.74, 6) is 0.719. The first-order valence-corrected chi connectivity index (χ1v) is 9.20. The molecule has 1 saturated carbocycles. The number of halogens is 2. The summed E-state index contributed by atoms with van der Waals surface area (Å²) in [6.07, 6.45) is 4.16. The number of hydrogen-bond donors (Lipinski definition) is 3. The second-order valence-electron chi connectivity index (χ2n) is 6.63. The maximum Gasteiger partial charge on any atom is 0.272 e. The summed E-state index contributed by atoms with van der Waals surface area (Å²) in [6, 6.07) is 2.17. The van der Waals surface area contributed by atoms with Crippen molar-refractivity contribution in [2.45, 2.75) is 50.8 Å². The standard InChI is InChI=1S/C18H21F2N7O2/c19-15(20)9-29-17-12(6-22-10-25-17)8-24-18-23-7-11(5-21)16(27-18)26-13-1-3-14(28)4-2-13/h6-7,10,13-15,28H,1-4,8-9H2,(H2,23,24,26,27). The molecule has 0 unspecified atom stereocenters. The Labute approximate surface area is 166 Å². The Balaban J connectivity index is 1.67. The van der Waals surface area contributed by atoms with E-state index >= 15 is 0 Å². The van der Waals surface area contributed by atoms with E-state index in [1.54, 1.807) is 0 Å². The van der Waals surface area contributed by atoms with E-state index in [0.717, 1.165) is 12.8 Å². The first-order chi connectivity index (χ1) is 14.0. The predicted molar refractivity (Wildman–Crippen MR) is 99.5 cm³/mol. The smallest absolute Gasteiger partial charge is 0.272 e. The van der Waals surface area contributed by atoms with Crippen molar-refractivity contribution in [3.63, 3.8) is 0 Å². The largest absolute Gasteiger partial charge is 0.471 e. The zero-order chi connectivity index (χ0) is 20.6. The molecule has 3 N–H and O–H groups in total. The number of aliphatic hydroxyl groups is 1. The molecule has 0 radical (unpaired) electrons. The number of ether oxygens (including phenoxy) is 1. The lowest BCUT2D eigenvalue weighted by molar-refractivity contribution is 0.0790. The van der Waals surface area contributed by atoms with Crippen LogP contribution in [0, 0.1) is 11.3 Å². The molecular formula is C18H21F2N7O2. The van der Waals surface area contributed by atoms with Crippen LogP contribution < -0.4 is 15.4 Å². The van der Waals surface area contributed by atoms with Gasteiger partial charge in [-0.1, -0.05) is 0 Å². The third kappa shape index (κ3) is 5.92. The molecule has 1 fully saturated rings. The van der Waals surface area contributed by atoms with E-state index in [9.17, 15) is 19.1 Å². The highest BCUT2D eigenvalue weighted by molar-refractivity contribution is 5.54. The van der Waals surface area contributed by atoms with Gasteiger partial charge in [-0.05, 0) is 25.7 Å². The molecule has 11 heteroatoms. The molecule has 29 heavy (non-hydrogen) atoms. The van der Waals surface area contributed by atoms with Gasteiger partial charge in [0.1, 0.15) is 23.8 Å². The Morgan fingerprint density at radius 2 is 2.03 bits per heavy atom. The number of anilines is 2. The van der Waals surface area contributed by atoms with Crippen molar-refractivity contribution in [2.75, 3.05) is 17.2 Å². The van der Waals surface area contributed by atoms with Gasteiger partial charge in [0.05, 0.1) is 17.9 Å². The second kappa shape index (κ2) is 9.88. The molecule has 3 rings (SSSR count). The van der Waals surface area contributed by atoms with Crippen molar-refractivity contribution in [3.05, 3.63) is 29.8 Å². The van der Waals surface area contributed by atoms with Crippen molar-refractivity contribution < 1.29 is 18.6 Å². The SMILES string of the molecule is N#Cc1cnc(NCc2cncnc2OCC(F)F)nc1NC1CCC(O)CC1. The Hall–Kier alpha value is -3.13. The number of alkyl halides is 2. The summed E-state index contributed by atoms with van der Waals surface area (Å²) in [5, 5.41) is 25.1. The molecule has 2 aromatic rings. The Morgan fingerprint density at radius 1 is 1.24 bits per heavy atom. The molecule has 0 spiro atoms. The Kier molecular flexibility index (Phi) is 7.02. The lowest BCUT2D eigenvalue weighted by atomic mass is 9.93. The zero-order valence-corrected chi connectivity index (χ0v) is 15.6. The van der Waals surface area contributed by atoms with Crippen LogP contribution in [0.5, 0.6) is 5.88 Å². The van der Waals surface area contributed by atoms with Crippen molar-refractivity contribution in [3.8, 4) is 11.9 Å². The fraction of sp³-hybridized carbons (Fsp3) is 0.500. The van der Waals surface area contributed by atoms with Gasteiger partial charge in [0.2, 0.25) is 11.8 Å². The Morgan fingerprint density at radius 3 is 2.76 bits per heavy atom. The maximum atomic E-state index is 12.4. The topological polar surface area (TPSA) is 129 Å². The molecule has 9 nitrogen and oxygen atoms in total. The summed E-state index contributed by atoms with van der Waals surface area (Å²) in [4.78, 5) is 16.2. The monoisotopic (exact) mass is 405 g/mol. The van der Waals surface area contributed by atoms with E-state index in [4.69, 9.17) is 4.74 Å². The molecule has 0 atom stereocenters. The quantitative estimate of drug-likeness (QED) is 0.605. The van der Waals surface area contributed by atoms with E-state index in [1.807, 2.05) is 0 Å². The van der Waals surface area contributed by atoms with E-state index < -0.39 is 13.0 Å². The number of hydrogen-bond acceptors (Lipinski definition) is 9. The van der Waals surface area contributed by atoms with Crippen LogP contribution in [-0.2, 0) is 6.54 Å². The highest BCUT2D eigenvalue weighted by atomic mass is 19.3. The van der Waals surface area contributed by atoms with E-state index in [0.29, 0.717) is 29.8 Å². The summed E-state index contributed by atoms with van der Waals surface area (Å²) in [6.45, 7) is -0.609. The molecule has 0 amide bonds. The summed E-state index contributed by atoms with van der Waals surface area (Å²) in [7, 11) is 0. The van der Waals surface area contributed by atoms with Gasteiger partial charge < -0.3 is 20.5 Å². The number of aromatic nitrogens is 4. The highest BCUT2D eigenvalue weighted by Gasteiger charge is 2.21. The molecule has 0 bridgehead atoms. The molecule has 0 aliphatic heterocycles. The van der Waals surface area contributed by atoms with Gasteiger partial charge in [0.15, 0.2) is 6.61 Å². The maximum absolute atomic E-state index is 12.4.